The van der Waals surface area contributed by atoms with Crippen LogP contribution in [0.15, 0.2) is 10.7 Å². The quantitative estimate of drug-likeness (QED) is 0.433. The average Bonchev–Trinajstić information content (AvgIpc) is 2.27. The number of halogens is 1. The standard InChI is InChI=1S/C9H17ClN4/c1-7(12-2)8(10)9(11)14-5-3-13-4-6-14/h11-13H,3-6H2,1-2H3/p+1. The summed E-state index contributed by atoms with van der Waals surface area (Å²) in [6, 6.07) is 0. The van der Waals surface area contributed by atoms with Crippen molar-refractivity contribution in [2.45, 2.75) is 6.92 Å². The average molecular weight is 218 g/mol. The number of amidine groups is 1. The number of quaternary nitrogens is 1. The molecule has 80 valence electrons. The Bertz CT molecular complexity index is 243. The van der Waals surface area contributed by atoms with Crippen LogP contribution >= 0.6 is 11.6 Å². The third-order valence-electron chi connectivity index (χ3n) is 2.42. The lowest BCUT2D eigenvalue weighted by Gasteiger charge is -2.29. The van der Waals surface area contributed by atoms with Crippen molar-refractivity contribution in [3.05, 3.63) is 10.7 Å². The van der Waals surface area contributed by atoms with Gasteiger partial charge < -0.3 is 15.5 Å². The number of rotatable bonds is 2. The molecule has 4 nitrogen and oxygen atoms in total. The van der Waals surface area contributed by atoms with Crippen LogP contribution in [0.4, 0.5) is 0 Å². The second-order valence-electron chi connectivity index (χ2n) is 3.37. The van der Waals surface area contributed by atoms with E-state index < -0.39 is 0 Å². The molecule has 0 saturated carbocycles. The Morgan fingerprint density at radius 2 is 2.00 bits per heavy atom. The van der Waals surface area contributed by atoms with E-state index in [1.807, 2.05) is 24.2 Å². The Hall–Kier alpha value is -0.580. The van der Waals surface area contributed by atoms with Crippen molar-refractivity contribution in [3.8, 4) is 0 Å². The summed E-state index contributed by atoms with van der Waals surface area (Å²) in [7, 11) is 1.93. The summed E-state index contributed by atoms with van der Waals surface area (Å²) in [5.41, 5.74) is 0.968. The van der Waals surface area contributed by atoms with Gasteiger partial charge in [0.15, 0.2) is 0 Å². The third kappa shape index (κ3) is 2.70. The number of nitrogens with one attached hydrogen (secondary N) is 2. The van der Waals surface area contributed by atoms with Crippen LogP contribution in [0.3, 0.4) is 0 Å². The molecule has 1 heterocycles. The highest BCUT2D eigenvalue weighted by Gasteiger charge is 2.17. The fourth-order valence-electron chi connectivity index (χ4n) is 1.34. The summed E-state index contributed by atoms with van der Waals surface area (Å²) >= 11 is 6.08. The first-order valence-electron chi connectivity index (χ1n) is 4.87. The van der Waals surface area contributed by atoms with Crippen LogP contribution in [-0.4, -0.2) is 44.0 Å². The molecule has 1 aliphatic rings. The minimum absolute atomic E-state index is 0.448. The summed E-state index contributed by atoms with van der Waals surface area (Å²) < 4.78 is 0. The molecule has 14 heavy (non-hydrogen) atoms. The maximum Gasteiger partial charge on any atom is 0.145 e. The second kappa shape index (κ2) is 5.34. The van der Waals surface area contributed by atoms with E-state index in [9.17, 15) is 0 Å². The van der Waals surface area contributed by atoms with Crippen molar-refractivity contribution >= 4 is 17.4 Å². The number of nitrogens with two attached hydrogens (primary N) is 1. The van der Waals surface area contributed by atoms with Crippen molar-refractivity contribution < 1.29 is 5.32 Å². The van der Waals surface area contributed by atoms with Gasteiger partial charge in [-0.15, -0.1) is 0 Å². The van der Waals surface area contributed by atoms with Crippen LogP contribution in [0.25, 0.3) is 0 Å². The fourth-order valence-corrected chi connectivity index (χ4v) is 1.57. The van der Waals surface area contributed by atoms with Crippen LogP contribution in [0.2, 0.25) is 0 Å². The third-order valence-corrected chi connectivity index (χ3v) is 2.90. The Morgan fingerprint density at radius 1 is 1.43 bits per heavy atom. The van der Waals surface area contributed by atoms with E-state index in [2.05, 4.69) is 5.32 Å². The molecule has 0 aromatic carbocycles. The summed E-state index contributed by atoms with van der Waals surface area (Å²) in [5, 5.41) is 13.7. The number of nitrogens with zero attached hydrogens (tertiary/aromatic N) is 1. The largest absolute Gasteiger partial charge is 0.353 e. The first-order chi connectivity index (χ1) is 6.66. The van der Waals surface area contributed by atoms with Gasteiger partial charge in [0.2, 0.25) is 0 Å². The smallest absolute Gasteiger partial charge is 0.145 e. The number of piperazine rings is 1. The Kier molecular flexibility index (Phi) is 4.38. The molecule has 0 aromatic rings. The van der Waals surface area contributed by atoms with Crippen LogP contribution in [-0.2, 0) is 0 Å². The highest BCUT2D eigenvalue weighted by molar-refractivity contribution is 6.42. The zero-order valence-corrected chi connectivity index (χ0v) is 9.49. The van der Waals surface area contributed by atoms with Crippen LogP contribution < -0.4 is 10.6 Å². The van der Waals surface area contributed by atoms with Gasteiger partial charge in [0.25, 0.3) is 0 Å². The molecule has 1 fully saturated rings. The van der Waals surface area contributed by atoms with E-state index in [4.69, 9.17) is 17.0 Å². The SMILES string of the molecule is C[NH2+]C(C)=C(Cl)C(=N)N1CCNCC1. The zero-order chi connectivity index (χ0) is 10.6. The monoisotopic (exact) mass is 217 g/mol. The van der Waals surface area contributed by atoms with Gasteiger partial charge in [-0.2, -0.15) is 0 Å². The predicted octanol–water partition coefficient (Wildman–Crippen LogP) is -0.468. The van der Waals surface area contributed by atoms with Gasteiger partial charge in [-0.05, 0) is 0 Å². The van der Waals surface area contributed by atoms with Crippen molar-refractivity contribution in [1.29, 1.82) is 5.41 Å². The molecule has 1 rings (SSSR count). The molecule has 0 spiro atoms. The maximum absolute atomic E-state index is 7.91. The van der Waals surface area contributed by atoms with Crippen molar-refractivity contribution in [2.24, 2.45) is 0 Å². The van der Waals surface area contributed by atoms with E-state index in [0.29, 0.717) is 10.9 Å². The molecule has 1 aliphatic heterocycles. The molecule has 1 saturated heterocycles. The van der Waals surface area contributed by atoms with E-state index in [1.54, 1.807) is 0 Å². The minimum atomic E-state index is 0.448. The van der Waals surface area contributed by atoms with Gasteiger partial charge in [-0.25, -0.2) is 0 Å². The van der Waals surface area contributed by atoms with Crippen LogP contribution in [0, 0.1) is 5.41 Å². The Balaban J connectivity index is 2.63. The first kappa shape index (κ1) is 11.5. The molecule has 0 radical (unpaired) electrons. The van der Waals surface area contributed by atoms with E-state index in [1.165, 1.54) is 0 Å². The Labute approximate surface area is 89.8 Å². The lowest BCUT2D eigenvalue weighted by atomic mass is 10.3. The van der Waals surface area contributed by atoms with Crippen molar-refractivity contribution in [3.63, 3.8) is 0 Å². The molecule has 0 unspecified atom stereocenters. The number of allylic oxidation sites excluding steroid dienone is 1. The normalized spacial score (nSPS) is 19.2. The lowest BCUT2D eigenvalue weighted by Crippen LogP contribution is -2.77. The molecule has 0 aliphatic carbocycles. The summed E-state index contributed by atoms with van der Waals surface area (Å²) in [6.45, 7) is 5.53. The maximum atomic E-state index is 7.91. The van der Waals surface area contributed by atoms with Crippen molar-refractivity contribution in [2.75, 3.05) is 33.2 Å². The lowest BCUT2D eigenvalue weighted by molar-refractivity contribution is -0.576. The number of hydrogen-bond donors (Lipinski definition) is 3. The molecule has 5 heteroatoms. The summed E-state index contributed by atoms with van der Waals surface area (Å²) in [4.78, 5) is 2.01. The first-order valence-corrected chi connectivity index (χ1v) is 5.25. The van der Waals surface area contributed by atoms with Crippen molar-refractivity contribution in [1.82, 2.24) is 10.2 Å². The summed E-state index contributed by atoms with van der Waals surface area (Å²) in [6.07, 6.45) is 0. The highest BCUT2D eigenvalue weighted by atomic mass is 35.5. The molecule has 0 amide bonds. The van der Waals surface area contributed by atoms with Gasteiger partial charge in [-0.1, -0.05) is 11.6 Å². The second-order valence-corrected chi connectivity index (χ2v) is 3.75. The molecular formula is C9H18ClN4+. The minimum Gasteiger partial charge on any atom is -0.353 e. The highest BCUT2D eigenvalue weighted by Crippen LogP contribution is 2.09. The van der Waals surface area contributed by atoms with Gasteiger partial charge in [0.05, 0.1) is 7.05 Å². The van der Waals surface area contributed by atoms with Crippen LogP contribution in [0.1, 0.15) is 6.92 Å². The zero-order valence-electron chi connectivity index (χ0n) is 8.73. The van der Waals surface area contributed by atoms with E-state index >= 15 is 0 Å². The Morgan fingerprint density at radius 3 is 2.50 bits per heavy atom. The topological polar surface area (TPSA) is 55.7 Å². The molecular weight excluding hydrogens is 200 g/mol. The molecule has 4 N–H and O–H groups in total. The van der Waals surface area contributed by atoms with E-state index in [0.717, 1.165) is 31.9 Å². The van der Waals surface area contributed by atoms with E-state index in [-0.39, 0.29) is 0 Å². The van der Waals surface area contributed by atoms with Gasteiger partial charge >= 0.3 is 0 Å². The molecule has 0 atom stereocenters. The van der Waals surface area contributed by atoms with Gasteiger partial charge in [0.1, 0.15) is 16.6 Å². The molecule has 0 aromatic heterocycles. The fraction of sp³-hybridized carbons (Fsp3) is 0.667. The van der Waals surface area contributed by atoms with Gasteiger partial charge in [0, 0.05) is 33.1 Å². The predicted molar refractivity (Wildman–Crippen MR) is 58.6 cm³/mol. The molecule has 0 bridgehead atoms. The summed E-state index contributed by atoms with van der Waals surface area (Å²) in [5.74, 6) is 0.448. The number of hydrogen-bond acceptors (Lipinski definition) is 2. The van der Waals surface area contributed by atoms with Gasteiger partial charge in [-0.3, -0.25) is 5.41 Å². The van der Waals surface area contributed by atoms with Crippen LogP contribution in [0.5, 0.6) is 0 Å².